The Bertz CT molecular complexity index is 700. The van der Waals surface area contributed by atoms with E-state index in [4.69, 9.17) is 11.6 Å². The van der Waals surface area contributed by atoms with Gasteiger partial charge in [0.05, 0.1) is 5.69 Å². The van der Waals surface area contributed by atoms with E-state index >= 15 is 0 Å². The second kappa shape index (κ2) is 12.3. The normalized spacial score (nSPS) is 17.6. The second-order valence-electron chi connectivity index (χ2n) is 7.41. The summed E-state index contributed by atoms with van der Waals surface area (Å²) in [7, 11) is 0. The maximum atomic E-state index is 12.6. The van der Waals surface area contributed by atoms with E-state index in [1.54, 1.807) is 6.07 Å². The zero-order valence-corrected chi connectivity index (χ0v) is 17.1. The van der Waals surface area contributed by atoms with Crippen molar-refractivity contribution in [2.45, 2.75) is 76.7 Å². The molecule has 5 nitrogen and oxygen atoms in total. The number of nitrogens with zero attached hydrogens (tertiary/aromatic N) is 1. The number of hydrogen-bond acceptors (Lipinski definition) is 4. The minimum absolute atomic E-state index is 0.00216. The summed E-state index contributed by atoms with van der Waals surface area (Å²) >= 11 is 5.92. The SMILES string of the molecule is N#C/C(=C/Nc1cc(Cl)ccc1O)C(=O)NC1CCCCCCCCCCC1. The number of nitriles is 1. The molecule has 0 radical (unpaired) electrons. The molecule has 0 unspecified atom stereocenters. The molecule has 1 saturated carbocycles. The van der Waals surface area contributed by atoms with Gasteiger partial charge in [0.15, 0.2) is 0 Å². The fourth-order valence-corrected chi connectivity index (χ4v) is 3.67. The molecule has 3 N–H and O–H groups in total. The van der Waals surface area contributed by atoms with Gasteiger partial charge < -0.3 is 15.7 Å². The highest BCUT2D eigenvalue weighted by atomic mass is 35.5. The minimum Gasteiger partial charge on any atom is -0.506 e. The summed E-state index contributed by atoms with van der Waals surface area (Å²) in [4.78, 5) is 12.6. The number of rotatable bonds is 4. The maximum Gasteiger partial charge on any atom is 0.263 e. The Morgan fingerprint density at radius 1 is 1.07 bits per heavy atom. The van der Waals surface area contributed by atoms with Gasteiger partial charge >= 0.3 is 0 Å². The van der Waals surface area contributed by atoms with Gasteiger partial charge in [0.25, 0.3) is 5.91 Å². The van der Waals surface area contributed by atoms with Gasteiger partial charge in [0.1, 0.15) is 17.4 Å². The lowest BCUT2D eigenvalue weighted by Crippen LogP contribution is -2.35. The summed E-state index contributed by atoms with van der Waals surface area (Å²) in [6, 6.07) is 6.59. The molecule has 0 saturated heterocycles. The number of amides is 1. The van der Waals surface area contributed by atoms with Crippen molar-refractivity contribution < 1.29 is 9.90 Å². The number of aromatic hydroxyl groups is 1. The second-order valence-corrected chi connectivity index (χ2v) is 7.84. The van der Waals surface area contributed by atoms with Gasteiger partial charge in [0, 0.05) is 17.3 Å². The highest BCUT2D eigenvalue weighted by Crippen LogP contribution is 2.26. The number of benzene rings is 1. The molecule has 0 atom stereocenters. The van der Waals surface area contributed by atoms with Gasteiger partial charge in [-0.25, -0.2) is 0 Å². The third-order valence-electron chi connectivity index (χ3n) is 5.14. The Morgan fingerprint density at radius 2 is 1.64 bits per heavy atom. The van der Waals surface area contributed by atoms with Crippen LogP contribution in [0.2, 0.25) is 5.02 Å². The van der Waals surface area contributed by atoms with E-state index in [-0.39, 0.29) is 23.3 Å². The number of phenols is 1. The van der Waals surface area contributed by atoms with Gasteiger partial charge in [0.2, 0.25) is 0 Å². The molecule has 1 aromatic carbocycles. The van der Waals surface area contributed by atoms with Crippen LogP contribution in [0.25, 0.3) is 0 Å². The molecule has 2 rings (SSSR count). The maximum absolute atomic E-state index is 12.6. The van der Waals surface area contributed by atoms with Crippen LogP contribution in [0, 0.1) is 11.3 Å². The fraction of sp³-hybridized carbons (Fsp3) is 0.545. The molecular formula is C22H30ClN3O2. The Kier molecular flexibility index (Phi) is 9.71. The van der Waals surface area contributed by atoms with Crippen LogP contribution in [0.15, 0.2) is 30.0 Å². The monoisotopic (exact) mass is 403 g/mol. The first kappa shape index (κ1) is 22.1. The summed E-state index contributed by atoms with van der Waals surface area (Å²) in [5.41, 5.74) is 0.324. The van der Waals surface area contributed by atoms with Crippen LogP contribution in [0.1, 0.15) is 70.6 Å². The Balaban J connectivity index is 1.96. The van der Waals surface area contributed by atoms with Gasteiger partial charge in [-0.05, 0) is 31.0 Å². The van der Waals surface area contributed by atoms with Crippen LogP contribution in [0.3, 0.4) is 0 Å². The van der Waals surface area contributed by atoms with Crippen LogP contribution in [0.5, 0.6) is 5.75 Å². The summed E-state index contributed by atoms with van der Waals surface area (Å²) in [5.74, 6) is -0.383. The van der Waals surface area contributed by atoms with E-state index in [1.807, 2.05) is 6.07 Å². The van der Waals surface area contributed by atoms with Crippen molar-refractivity contribution in [3.8, 4) is 11.8 Å². The number of hydrogen-bond donors (Lipinski definition) is 3. The quantitative estimate of drug-likeness (QED) is 0.344. The predicted molar refractivity (Wildman–Crippen MR) is 113 cm³/mol. The predicted octanol–water partition coefficient (Wildman–Crippen LogP) is 5.65. The third kappa shape index (κ3) is 7.82. The molecule has 0 bridgehead atoms. The number of nitrogens with one attached hydrogen (secondary N) is 2. The lowest BCUT2D eigenvalue weighted by atomic mass is 9.98. The van der Waals surface area contributed by atoms with Crippen LogP contribution < -0.4 is 10.6 Å². The molecule has 28 heavy (non-hydrogen) atoms. The molecule has 0 spiro atoms. The molecule has 0 aromatic heterocycles. The van der Waals surface area contributed by atoms with Gasteiger partial charge in [-0.1, -0.05) is 69.4 Å². The molecule has 0 heterocycles. The Morgan fingerprint density at radius 3 is 2.21 bits per heavy atom. The van der Waals surface area contributed by atoms with E-state index in [9.17, 15) is 15.2 Å². The lowest BCUT2D eigenvalue weighted by Gasteiger charge is -2.19. The molecule has 6 heteroatoms. The number of halogens is 1. The first-order valence-electron chi connectivity index (χ1n) is 10.3. The van der Waals surface area contributed by atoms with Crippen molar-refractivity contribution in [2.24, 2.45) is 0 Å². The largest absolute Gasteiger partial charge is 0.506 e. The van der Waals surface area contributed by atoms with Crippen LogP contribution >= 0.6 is 11.6 Å². The van der Waals surface area contributed by atoms with Crippen molar-refractivity contribution in [3.63, 3.8) is 0 Å². The molecule has 1 amide bonds. The topological polar surface area (TPSA) is 85.2 Å². The molecule has 1 aromatic rings. The molecule has 1 fully saturated rings. The summed E-state index contributed by atoms with van der Waals surface area (Å²) < 4.78 is 0. The van der Waals surface area contributed by atoms with Crippen LogP contribution in [-0.2, 0) is 4.79 Å². The molecule has 0 aliphatic heterocycles. The van der Waals surface area contributed by atoms with Crippen molar-refractivity contribution in [1.82, 2.24) is 5.32 Å². The Labute approximate surface area is 172 Å². The van der Waals surface area contributed by atoms with E-state index in [0.29, 0.717) is 10.7 Å². The van der Waals surface area contributed by atoms with Gasteiger partial charge in [-0.2, -0.15) is 5.26 Å². The summed E-state index contributed by atoms with van der Waals surface area (Å²) in [6.07, 6.45) is 14.3. The molecule has 1 aliphatic carbocycles. The lowest BCUT2D eigenvalue weighted by molar-refractivity contribution is -0.117. The number of carbonyl (C=O) groups excluding carboxylic acids is 1. The smallest absolute Gasteiger partial charge is 0.263 e. The van der Waals surface area contributed by atoms with Crippen molar-refractivity contribution in [2.75, 3.05) is 5.32 Å². The summed E-state index contributed by atoms with van der Waals surface area (Å²) in [5, 5.41) is 25.5. The van der Waals surface area contributed by atoms with Gasteiger partial charge in [-0.15, -0.1) is 0 Å². The van der Waals surface area contributed by atoms with E-state index in [0.717, 1.165) is 25.7 Å². The highest BCUT2D eigenvalue weighted by Gasteiger charge is 2.16. The number of phenolic OH excluding ortho intramolecular Hbond substituents is 1. The minimum atomic E-state index is -0.381. The zero-order valence-electron chi connectivity index (χ0n) is 16.3. The summed E-state index contributed by atoms with van der Waals surface area (Å²) in [6.45, 7) is 0. The van der Waals surface area contributed by atoms with E-state index in [1.165, 1.54) is 63.3 Å². The Hall–Kier alpha value is -2.19. The van der Waals surface area contributed by atoms with Crippen LogP contribution in [0.4, 0.5) is 5.69 Å². The third-order valence-corrected chi connectivity index (χ3v) is 5.37. The van der Waals surface area contributed by atoms with Crippen molar-refractivity contribution in [3.05, 3.63) is 35.0 Å². The number of anilines is 1. The van der Waals surface area contributed by atoms with Crippen molar-refractivity contribution in [1.29, 1.82) is 5.26 Å². The average Bonchev–Trinajstić information content (AvgIpc) is 2.67. The van der Waals surface area contributed by atoms with E-state index in [2.05, 4.69) is 10.6 Å². The highest BCUT2D eigenvalue weighted by molar-refractivity contribution is 6.30. The molecule has 1 aliphatic rings. The van der Waals surface area contributed by atoms with Gasteiger partial charge in [-0.3, -0.25) is 4.79 Å². The van der Waals surface area contributed by atoms with Crippen LogP contribution in [-0.4, -0.2) is 17.1 Å². The zero-order chi connectivity index (χ0) is 20.2. The standard InChI is InChI=1S/C22H30ClN3O2/c23-18-12-13-21(27)20(14-18)25-16-17(15-24)22(28)26-19-10-8-6-4-2-1-3-5-7-9-11-19/h12-14,16,19,25,27H,1-11H2,(H,26,28)/b17-16-. The molecular weight excluding hydrogens is 374 g/mol. The van der Waals surface area contributed by atoms with E-state index < -0.39 is 0 Å². The fourth-order valence-electron chi connectivity index (χ4n) is 3.49. The molecule has 152 valence electrons. The van der Waals surface area contributed by atoms with Crippen molar-refractivity contribution >= 4 is 23.2 Å². The first-order chi connectivity index (χ1) is 13.6. The average molecular weight is 404 g/mol. The first-order valence-corrected chi connectivity index (χ1v) is 10.6. The number of carbonyl (C=O) groups is 1.